The number of carbonyl (C=O) groups is 3. The molecule has 0 spiro atoms. The van der Waals surface area contributed by atoms with E-state index >= 15 is 0 Å². The van der Waals surface area contributed by atoms with Gasteiger partial charge in [0.25, 0.3) is 5.91 Å². The molecule has 0 saturated carbocycles. The minimum Gasteiger partial charge on any atom is -0.366 e. The molecular weight excluding hydrogens is 378 g/mol. The number of urea groups is 1. The van der Waals surface area contributed by atoms with Crippen molar-refractivity contribution in [3.63, 3.8) is 0 Å². The SMILES string of the molecule is NC(=O)c1cccc(CN2C(=O)NC(Cc3ccccc3)(c3ccccc3)C2=O)c1. The van der Waals surface area contributed by atoms with Crippen LogP contribution in [-0.2, 0) is 23.3 Å². The largest absolute Gasteiger partial charge is 0.366 e. The smallest absolute Gasteiger partial charge is 0.325 e. The molecule has 1 atom stereocenters. The van der Waals surface area contributed by atoms with E-state index in [1.165, 1.54) is 4.90 Å². The molecule has 1 aliphatic heterocycles. The van der Waals surface area contributed by atoms with Gasteiger partial charge >= 0.3 is 6.03 Å². The minimum absolute atomic E-state index is 0.0508. The zero-order chi connectivity index (χ0) is 21.1. The van der Waals surface area contributed by atoms with Crippen molar-refractivity contribution in [1.29, 1.82) is 0 Å². The monoisotopic (exact) mass is 399 g/mol. The number of nitrogens with two attached hydrogens (primary N) is 1. The van der Waals surface area contributed by atoms with E-state index in [0.29, 0.717) is 17.5 Å². The minimum atomic E-state index is -1.19. The van der Waals surface area contributed by atoms with Crippen molar-refractivity contribution >= 4 is 17.8 Å². The van der Waals surface area contributed by atoms with Crippen molar-refractivity contribution in [2.24, 2.45) is 5.73 Å². The number of benzene rings is 3. The third-order valence-electron chi connectivity index (χ3n) is 5.31. The van der Waals surface area contributed by atoms with E-state index in [-0.39, 0.29) is 12.5 Å². The zero-order valence-corrected chi connectivity index (χ0v) is 16.2. The summed E-state index contributed by atoms with van der Waals surface area (Å²) in [5.41, 5.74) is 6.80. The highest BCUT2D eigenvalue weighted by Crippen LogP contribution is 2.33. The number of nitrogens with one attached hydrogen (secondary N) is 1. The lowest BCUT2D eigenvalue weighted by Gasteiger charge is -2.27. The second-order valence-electron chi connectivity index (χ2n) is 7.32. The number of hydrogen-bond acceptors (Lipinski definition) is 3. The Kier molecular flexibility index (Phi) is 5.06. The molecule has 1 aliphatic rings. The molecule has 0 bridgehead atoms. The van der Waals surface area contributed by atoms with Crippen LogP contribution in [-0.4, -0.2) is 22.7 Å². The van der Waals surface area contributed by atoms with Gasteiger partial charge in [-0.1, -0.05) is 72.8 Å². The van der Waals surface area contributed by atoms with E-state index in [4.69, 9.17) is 5.73 Å². The van der Waals surface area contributed by atoms with Crippen molar-refractivity contribution in [1.82, 2.24) is 10.2 Å². The quantitative estimate of drug-likeness (QED) is 0.624. The molecule has 6 heteroatoms. The fourth-order valence-corrected chi connectivity index (χ4v) is 3.82. The number of imide groups is 1. The molecule has 6 nitrogen and oxygen atoms in total. The predicted octanol–water partition coefficient (Wildman–Crippen LogP) is 2.98. The Balaban J connectivity index is 1.70. The summed E-state index contributed by atoms with van der Waals surface area (Å²) in [4.78, 5) is 39.2. The van der Waals surface area contributed by atoms with Crippen molar-refractivity contribution in [2.75, 3.05) is 0 Å². The summed E-state index contributed by atoms with van der Waals surface area (Å²) < 4.78 is 0. The fourth-order valence-electron chi connectivity index (χ4n) is 3.82. The van der Waals surface area contributed by atoms with Crippen molar-refractivity contribution in [3.05, 3.63) is 107 Å². The normalized spacial score (nSPS) is 18.3. The summed E-state index contributed by atoms with van der Waals surface area (Å²) in [6.07, 6.45) is 0.334. The average molecular weight is 399 g/mol. The first-order valence-electron chi connectivity index (χ1n) is 9.62. The zero-order valence-electron chi connectivity index (χ0n) is 16.2. The lowest BCUT2D eigenvalue weighted by Crippen LogP contribution is -2.46. The van der Waals surface area contributed by atoms with E-state index in [9.17, 15) is 14.4 Å². The molecule has 1 fully saturated rings. The van der Waals surface area contributed by atoms with Gasteiger partial charge in [0.05, 0.1) is 6.54 Å². The standard InChI is InChI=1S/C24H21N3O3/c25-21(28)19-11-7-10-18(14-19)16-27-22(29)24(26-23(27)30,20-12-5-2-6-13-20)15-17-8-3-1-4-9-17/h1-14H,15-16H2,(H2,25,28)(H,26,30). The summed E-state index contributed by atoms with van der Waals surface area (Å²) >= 11 is 0. The molecular formula is C24H21N3O3. The van der Waals surface area contributed by atoms with Gasteiger partial charge in [0.15, 0.2) is 5.54 Å². The van der Waals surface area contributed by atoms with Crippen molar-refractivity contribution in [2.45, 2.75) is 18.5 Å². The number of carbonyl (C=O) groups excluding carboxylic acids is 3. The third kappa shape index (κ3) is 3.55. The number of amides is 4. The summed E-state index contributed by atoms with van der Waals surface area (Å²) in [6.45, 7) is 0.0508. The fraction of sp³-hybridized carbons (Fsp3) is 0.125. The Morgan fingerprint density at radius 2 is 1.50 bits per heavy atom. The Hall–Kier alpha value is -3.93. The topological polar surface area (TPSA) is 92.5 Å². The van der Waals surface area contributed by atoms with Crippen LogP contribution in [0.3, 0.4) is 0 Å². The highest BCUT2D eigenvalue weighted by molar-refractivity contribution is 6.07. The van der Waals surface area contributed by atoms with Crippen LogP contribution in [0.4, 0.5) is 4.79 Å². The van der Waals surface area contributed by atoms with Crippen LogP contribution in [0.15, 0.2) is 84.9 Å². The molecule has 3 N–H and O–H groups in total. The first-order chi connectivity index (χ1) is 14.5. The Labute approximate surface area is 174 Å². The van der Waals surface area contributed by atoms with Crippen molar-refractivity contribution < 1.29 is 14.4 Å². The molecule has 4 amide bonds. The molecule has 1 heterocycles. The summed E-state index contributed by atoms with van der Waals surface area (Å²) in [5, 5.41) is 2.94. The van der Waals surface area contributed by atoms with Crippen molar-refractivity contribution in [3.8, 4) is 0 Å². The molecule has 0 aliphatic carbocycles. The van der Waals surface area contributed by atoms with Gasteiger partial charge in [-0.3, -0.25) is 14.5 Å². The molecule has 1 unspecified atom stereocenters. The van der Waals surface area contributed by atoms with Gasteiger partial charge in [-0.2, -0.15) is 0 Å². The maximum Gasteiger partial charge on any atom is 0.325 e. The van der Waals surface area contributed by atoms with Crippen LogP contribution < -0.4 is 11.1 Å². The van der Waals surface area contributed by atoms with Crippen LogP contribution >= 0.6 is 0 Å². The highest BCUT2D eigenvalue weighted by atomic mass is 16.2. The maximum absolute atomic E-state index is 13.6. The molecule has 30 heavy (non-hydrogen) atoms. The van der Waals surface area contributed by atoms with Gasteiger partial charge in [-0.25, -0.2) is 4.79 Å². The Morgan fingerprint density at radius 1 is 0.867 bits per heavy atom. The molecule has 1 saturated heterocycles. The van der Waals surface area contributed by atoms with E-state index in [2.05, 4.69) is 5.32 Å². The third-order valence-corrected chi connectivity index (χ3v) is 5.31. The van der Waals surface area contributed by atoms with E-state index in [1.807, 2.05) is 60.7 Å². The van der Waals surface area contributed by atoms with Crippen LogP contribution in [0.2, 0.25) is 0 Å². The predicted molar refractivity (Wildman–Crippen MR) is 112 cm³/mol. The highest BCUT2D eigenvalue weighted by Gasteiger charge is 2.52. The maximum atomic E-state index is 13.6. The molecule has 150 valence electrons. The number of nitrogens with zero attached hydrogens (tertiary/aromatic N) is 1. The van der Waals surface area contributed by atoms with Crippen LogP contribution in [0, 0.1) is 0 Å². The van der Waals surface area contributed by atoms with E-state index < -0.39 is 17.5 Å². The van der Waals surface area contributed by atoms with Gasteiger partial charge in [0.2, 0.25) is 5.91 Å². The first-order valence-corrected chi connectivity index (χ1v) is 9.62. The van der Waals surface area contributed by atoms with Gasteiger partial charge < -0.3 is 11.1 Å². The van der Waals surface area contributed by atoms with Gasteiger partial charge in [0, 0.05) is 12.0 Å². The van der Waals surface area contributed by atoms with Gasteiger partial charge in [0.1, 0.15) is 0 Å². The average Bonchev–Trinajstić information content (AvgIpc) is 3.00. The molecule has 3 aromatic carbocycles. The Morgan fingerprint density at radius 3 is 2.17 bits per heavy atom. The summed E-state index contributed by atoms with van der Waals surface area (Å²) in [7, 11) is 0. The lowest BCUT2D eigenvalue weighted by atomic mass is 9.83. The second kappa shape index (κ2) is 7.83. The van der Waals surface area contributed by atoms with Gasteiger partial charge in [-0.05, 0) is 28.8 Å². The second-order valence-corrected chi connectivity index (χ2v) is 7.32. The molecule has 4 rings (SSSR count). The summed E-state index contributed by atoms with van der Waals surface area (Å²) in [5.74, 6) is -0.885. The molecule has 0 radical (unpaired) electrons. The summed E-state index contributed by atoms with van der Waals surface area (Å²) in [6, 6.07) is 25.0. The number of primary amides is 1. The molecule has 0 aromatic heterocycles. The van der Waals surface area contributed by atoms with Crippen LogP contribution in [0.5, 0.6) is 0 Å². The number of hydrogen-bond donors (Lipinski definition) is 2. The lowest BCUT2D eigenvalue weighted by molar-refractivity contribution is -0.132. The van der Waals surface area contributed by atoms with E-state index in [0.717, 1.165) is 11.1 Å². The molecule has 3 aromatic rings. The number of rotatable bonds is 6. The van der Waals surface area contributed by atoms with Crippen LogP contribution in [0.1, 0.15) is 27.0 Å². The van der Waals surface area contributed by atoms with E-state index in [1.54, 1.807) is 24.3 Å². The van der Waals surface area contributed by atoms with Gasteiger partial charge in [-0.15, -0.1) is 0 Å². The first kappa shape index (κ1) is 19.4. The Bertz CT molecular complexity index is 1100. The van der Waals surface area contributed by atoms with Crippen LogP contribution in [0.25, 0.3) is 0 Å².